The van der Waals surface area contributed by atoms with E-state index in [1.807, 2.05) is 14.1 Å². The summed E-state index contributed by atoms with van der Waals surface area (Å²) < 4.78 is 17.9. The predicted octanol–water partition coefficient (Wildman–Crippen LogP) is 1.81. The molecule has 0 heterocycles. The minimum absolute atomic E-state index is 0.287. The predicted molar refractivity (Wildman–Crippen MR) is 60.0 cm³/mol. The minimum Gasteiger partial charge on any atom is -0.494 e. The van der Waals surface area contributed by atoms with Crippen LogP contribution >= 0.6 is 0 Å². The summed E-state index contributed by atoms with van der Waals surface area (Å²) in [5.41, 5.74) is 0.820. The van der Waals surface area contributed by atoms with Gasteiger partial charge in [-0.15, -0.1) is 0 Å². The zero-order valence-electron chi connectivity index (χ0n) is 9.38. The van der Waals surface area contributed by atoms with E-state index in [9.17, 15) is 4.39 Å². The third-order valence-corrected chi connectivity index (χ3v) is 2.04. The van der Waals surface area contributed by atoms with Crippen LogP contribution in [0.25, 0.3) is 0 Å². The van der Waals surface area contributed by atoms with Gasteiger partial charge in [-0.05, 0) is 26.2 Å². The summed E-state index contributed by atoms with van der Waals surface area (Å²) in [7, 11) is 5.54. The fourth-order valence-electron chi connectivity index (χ4n) is 1.23. The molecule has 0 aliphatic carbocycles. The van der Waals surface area contributed by atoms with Crippen molar-refractivity contribution < 1.29 is 9.13 Å². The fourth-order valence-corrected chi connectivity index (χ4v) is 1.23. The van der Waals surface area contributed by atoms with Gasteiger partial charge >= 0.3 is 0 Å². The van der Waals surface area contributed by atoms with Gasteiger partial charge in [0.15, 0.2) is 0 Å². The van der Waals surface area contributed by atoms with Crippen molar-refractivity contribution in [2.45, 2.75) is 0 Å². The maximum absolute atomic E-state index is 12.9. The van der Waals surface area contributed by atoms with Crippen LogP contribution in [0.3, 0.4) is 0 Å². The first kappa shape index (κ1) is 11.8. The molecule has 3 nitrogen and oxygen atoms in total. The highest BCUT2D eigenvalue weighted by Gasteiger charge is 2.03. The molecule has 0 bridgehead atoms. The quantitative estimate of drug-likeness (QED) is 0.805. The Labute approximate surface area is 89.8 Å². The summed E-state index contributed by atoms with van der Waals surface area (Å²) >= 11 is 0. The van der Waals surface area contributed by atoms with Crippen LogP contribution < -0.4 is 10.1 Å². The summed E-state index contributed by atoms with van der Waals surface area (Å²) in [5, 5.41) is 3.19. The molecule has 1 N–H and O–H groups in total. The first-order valence-corrected chi connectivity index (χ1v) is 4.85. The zero-order valence-corrected chi connectivity index (χ0v) is 9.38. The van der Waals surface area contributed by atoms with Crippen molar-refractivity contribution in [3.8, 4) is 5.75 Å². The van der Waals surface area contributed by atoms with Gasteiger partial charge in [-0.2, -0.15) is 0 Å². The second kappa shape index (κ2) is 5.56. The lowest BCUT2D eigenvalue weighted by molar-refractivity contribution is 0.410. The van der Waals surface area contributed by atoms with Crippen molar-refractivity contribution in [3.05, 3.63) is 24.0 Å². The molecular weight excluding hydrogens is 195 g/mol. The molecule has 0 saturated carbocycles. The largest absolute Gasteiger partial charge is 0.494 e. The molecule has 1 aromatic carbocycles. The molecule has 0 atom stereocenters. The van der Waals surface area contributed by atoms with Crippen molar-refractivity contribution >= 4 is 5.69 Å². The Hall–Kier alpha value is -1.29. The first-order valence-electron chi connectivity index (χ1n) is 4.85. The number of hydrogen-bond donors (Lipinski definition) is 1. The molecule has 4 heteroatoms. The molecule has 0 aliphatic heterocycles. The van der Waals surface area contributed by atoms with E-state index < -0.39 is 0 Å². The minimum atomic E-state index is -0.287. The van der Waals surface area contributed by atoms with E-state index in [-0.39, 0.29) is 5.82 Å². The lowest BCUT2D eigenvalue weighted by Crippen LogP contribution is -2.20. The number of nitrogens with zero attached hydrogens (tertiary/aromatic N) is 1. The van der Waals surface area contributed by atoms with Crippen LogP contribution in [0, 0.1) is 5.82 Å². The molecule has 0 unspecified atom stereocenters. The number of anilines is 1. The number of halogens is 1. The van der Waals surface area contributed by atoms with Gasteiger partial charge in [-0.3, -0.25) is 0 Å². The average molecular weight is 212 g/mol. The molecule has 1 rings (SSSR count). The number of likely N-dealkylation sites (N-methyl/N-ethyl adjacent to an activating group) is 1. The molecule has 0 aromatic heterocycles. The Morgan fingerprint density at radius 3 is 2.73 bits per heavy atom. The molecular formula is C11H17FN2O. The highest BCUT2D eigenvalue weighted by atomic mass is 19.1. The number of rotatable bonds is 5. The number of ether oxygens (including phenoxy) is 1. The van der Waals surface area contributed by atoms with Gasteiger partial charge in [0.1, 0.15) is 11.6 Å². The van der Waals surface area contributed by atoms with Gasteiger partial charge in [0, 0.05) is 19.2 Å². The van der Waals surface area contributed by atoms with Crippen molar-refractivity contribution in [3.63, 3.8) is 0 Å². The number of hydrogen-bond acceptors (Lipinski definition) is 3. The van der Waals surface area contributed by atoms with Gasteiger partial charge in [0.25, 0.3) is 0 Å². The number of nitrogens with one attached hydrogen (secondary N) is 1. The molecule has 0 spiro atoms. The standard InChI is InChI=1S/C11H17FN2O/c1-14(2)7-6-13-10-5-4-9(12)8-11(10)15-3/h4-5,8,13H,6-7H2,1-3H3. The van der Waals surface area contributed by atoms with Crippen LogP contribution in [-0.2, 0) is 0 Å². The Morgan fingerprint density at radius 2 is 2.13 bits per heavy atom. The Bertz CT molecular complexity index is 315. The van der Waals surface area contributed by atoms with Crippen LogP contribution in [0.5, 0.6) is 5.75 Å². The molecule has 0 fully saturated rings. The van der Waals surface area contributed by atoms with Gasteiger partial charge in [0.05, 0.1) is 12.8 Å². The Morgan fingerprint density at radius 1 is 1.40 bits per heavy atom. The van der Waals surface area contributed by atoms with Crippen LogP contribution in [0.15, 0.2) is 18.2 Å². The third-order valence-electron chi connectivity index (χ3n) is 2.04. The van der Waals surface area contributed by atoms with Crippen LogP contribution in [-0.4, -0.2) is 39.2 Å². The summed E-state index contributed by atoms with van der Waals surface area (Å²) in [4.78, 5) is 2.07. The van der Waals surface area contributed by atoms with E-state index in [1.165, 1.54) is 19.2 Å². The number of methoxy groups -OCH3 is 1. The second-order valence-electron chi connectivity index (χ2n) is 3.57. The van der Waals surface area contributed by atoms with E-state index in [4.69, 9.17) is 4.74 Å². The van der Waals surface area contributed by atoms with E-state index in [0.717, 1.165) is 18.8 Å². The molecule has 0 aliphatic rings. The zero-order chi connectivity index (χ0) is 11.3. The van der Waals surface area contributed by atoms with Crippen LogP contribution in [0.4, 0.5) is 10.1 Å². The maximum Gasteiger partial charge on any atom is 0.144 e. The Balaban J connectivity index is 2.60. The van der Waals surface area contributed by atoms with Crippen LogP contribution in [0.1, 0.15) is 0 Å². The summed E-state index contributed by atoms with van der Waals surface area (Å²) in [6.07, 6.45) is 0. The van der Waals surface area contributed by atoms with Gasteiger partial charge in [-0.1, -0.05) is 0 Å². The van der Waals surface area contributed by atoms with E-state index in [2.05, 4.69) is 10.2 Å². The second-order valence-corrected chi connectivity index (χ2v) is 3.57. The molecule has 0 saturated heterocycles. The van der Waals surface area contributed by atoms with E-state index in [1.54, 1.807) is 6.07 Å². The Kier molecular flexibility index (Phi) is 4.37. The molecule has 1 aromatic rings. The highest BCUT2D eigenvalue weighted by Crippen LogP contribution is 2.24. The molecule has 15 heavy (non-hydrogen) atoms. The lowest BCUT2D eigenvalue weighted by Gasteiger charge is -2.13. The molecule has 0 radical (unpaired) electrons. The average Bonchev–Trinajstić information content (AvgIpc) is 2.19. The SMILES string of the molecule is COc1cc(F)ccc1NCCN(C)C. The summed E-state index contributed by atoms with van der Waals surface area (Å²) in [6.45, 7) is 1.72. The first-order chi connectivity index (χ1) is 7.13. The van der Waals surface area contributed by atoms with Crippen molar-refractivity contribution in [1.29, 1.82) is 0 Å². The van der Waals surface area contributed by atoms with Crippen molar-refractivity contribution in [1.82, 2.24) is 4.90 Å². The fraction of sp³-hybridized carbons (Fsp3) is 0.455. The smallest absolute Gasteiger partial charge is 0.144 e. The van der Waals surface area contributed by atoms with E-state index in [0.29, 0.717) is 5.75 Å². The monoisotopic (exact) mass is 212 g/mol. The summed E-state index contributed by atoms with van der Waals surface area (Å²) in [5.74, 6) is 0.249. The summed E-state index contributed by atoms with van der Waals surface area (Å²) in [6, 6.07) is 4.47. The van der Waals surface area contributed by atoms with Gasteiger partial charge < -0.3 is 15.0 Å². The van der Waals surface area contributed by atoms with Crippen LogP contribution in [0.2, 0.25) is 0 Å². The van der Waals surface area contributed by atoms with Gasteiger partial charge in [0.2, 0.25) is 0 Å². The highest BCUT2D eigenvalue weighted by molar-refractivity contribution is 5.56. The molecule has 0 amide bonds. The topological polar surface area (TPSA) is 24.5 Å². The molecule has 84 valence electrons. The third kappa shape index (κ3) is 3.75. The lowest BCUT2D eigenvalue weighted by atomic mass is 10.3. The van der Waals surface area contributed by atoms with Crippen molar-refractivity contribution in [2.24, 2.45) is 0 Å². The van der Waals surface area contributed by atoms with E-state index >= 15 is 0 Å². The van der Waals surface area contributed by atoms with Gasteiger partial charge in [-0.25, -0.2) is 4.39 Å². The normalized spacial score (nSPS) is 10.5. The number of benzene rings is 1. The maximum atomic E-state index is 12.9. The van der Waals surface area contributed by atoms with Crippen molar-refractivity contribution in [2.75, 3.05) is 39.6 Å².